The quantitative estimate of drug-likeness (QED) is 0.809. The normalized spacial score (nSPS) is 20.3. The number of halogens is 1. The molecule has 0 spiro atoms. The lowest BCUT2D eigenvalue weighted by Crippen LogP contribution is -2.41. The first-order valence-electron chi connectivity index (χ1n) is 6.15. The van der Waals surface area contributed by atoms with E-state index in [1.54, 1.807) is 0 Å². The van der Waals surface area contributed by atoms with Crippen molar-refractivity contribution in [3.8, 4) is 0 Å². The fraction of sp³-hybridized carbons (Fsp3) is 0.357. The first-order valence-corrected chi connectivity index (χ1v) is 6.94. The summed E-state index contributed by atoms with van der Waals surface area (Å²) in [6.07, 6.45) is 0.279. The Bertz CT molecular complexity index is 573. The monoisotopic (exact) mass is 306 g/mol. The van der Waals surface area contributed by atoms with E-state index < -0.39 is 0 Å². The molecule has 0 aliphatic carbocycles. The van der Waals surface area contributed by atoms with Crippen LogP contribution >= 0.6 is 15.9 Å². The van der Waals surface area contributed by atoms with Crippen molar-refractivity contribution in [3.05, 3.63) is 34.8 Å². The molecule has 18 heavy (non-hydrogen) atoms. The number of hydrogen-bond acceptors (Lipinski definition) is 3. The summed E-state index contributed by atoms with van der Waals surface area (Å²) in [5.41, 5.74) is 1.04. The zero-order chi connectivity index (χ0) is 12.5. The van der Waals surface area contributed by atoms with E-state index >= 15 is 0 Å². The van der Waals surface area contributed by atoms with Crippen LogP contribution in [-0.4, -0.2) is 30.8 Å². The molecule has 1 aromatic carbocycles. The minimum atomic E-state index is 0.279. The third kappa shape index (κ3) is 2.35. The maximum absolute atomic E-state index is 5.56. The summed E-state index contributed by atoms with van der Waals surface area (Å²) in [6.45, 7) is 4.71. The Balaban J connectivity index is 1.95. The van der Waals surface area contributed by atoms with E-state index in [0.29, 0.717) is 0 Å². The maximum Gasteiger partial charge on any atom is 0.129 e. The van der Waals surface area contributed by atoms with Gasteiger partial charge in [-0.15, -0.1) is 0 Å². The molecule has 0 amide bonds. The highest BCUT2D eigenvalue weighted by molar-refractivity contribution is 9.10. The third-order valence-electron chi connectivity index (χ3n) is 3.20. The zero-order valence-electron chi connectivity index (χ0n) is 10.3. The Kier molecular flexibility index (Phi) is 3.22. The summed E-state index contributed by atoms with van der Waals surface area (Å²) in [4.78, 5) is 7.01. The predicted molar refractivity (Wildman–Crippen MR) is 77.1 cm³/mol. The number of hydrogen-bond donors (Lipinski definition) is 0. The molecule has 0 saturated carbocycles. The molecule has 4 heteroatoms. The lowest BCUT2D eigenvalue weighted by Gasteiger charge is -2.32. The van der Waals surface area contributed by atoms with Crippen LogP contribution in [0.15, 0.2) is 34.8 Å². The number of pyridine rings is 1. The van der Waals surface area contributed by atoms with Crippen molar-refractivity contribution < 1.29 is 4.74 Å². The molecule has 1 saturated heterocycles. The van der Waals surface area contributed by atoms with Crippen molar-refractivity contribution in [2.24, 2.45) is 0 Å². The number of morpholine rings is 1. The van der Waals surface area contributed by atoms with Crippen molar-refractivity contribution in [2.75, 3.05) is 24.6 Å². The van der Waals surface area contributed by atoms with Gasteiger partial charge in [-0.3, -0.25) is 0 Å². The molecule has 3 nitrogen and oxygen atoms in total. The van der Waals surface area contributed by atoms with E-state index in [4.69, 9.17) is 9.72 Å². The van der Waals surface area contributed by atoms with Gasteiger partial charge in [-0.2, -0.15) is 0 Å². The van der Waals surface area contributed by atoms with E-state index in [-0.39, 0.29) is 6.10 Å². The van der Waals surface area contributed by atoms with Gasteiger partial charge in [-0.05, 0) is 37.3 Å². The van der Waals surface area contributed by atoms with Crippen molar-refractivity contribution >= 4 is 32.7 Å². The molecule has 1 fully saturated rings. The van der Waals surface area contributed by atoms with Crippen molar-refractivity contribution in [3.63, 3.8) is 0 Å². The zero-order valence-corrected chi connectivity index (χ0v) is 11.9. The molecule has 1 aliphatic heterocycles. The maximum atomic E-state index is 5.56. The fourth-order valence-electron chi connectivity index (χ4n) is 2.29. The predicted octanol–water partition coefficient (Wildman–Crippen LogP) is 3.22. The molecule has 2 heterocycles. The number of anilines is 1. The molecule has 3 rings (SSSR count). The van der Waals surface area contributed by atoms with Gasteiger partial charge in [0.2, 0.25) is 0 Å². The van der Waals surface area contributed by atoms with Crippen LogP contribution in [0.25, 0.3) is 10.9 Å². The topological polar surface area (TPSA) is 25.4 Å². The molecule has 1 atom stereocenters. The first-order chi connectivity index (χ1) is 8.72. The average Bonchev–Trinajstić information content (AvgIpc) is 2.38. The van der Waals surface area contributed by atoms with E-state index in [0.717, 1.165) is 40.9 Å². The molecule has 0 N–H and O–H groups in total. The smallest absolute Gasteiger partial charge is 0.129 e. The average molecular weight is 307 g/mol. The summed E-state index contributed by atoms with van der Waals surface area (Å²) < 4.78 is 6.64. The number of aromatic nitrogens is 1. The van der Waals surface area contributed by atoms with Gasteiger partial charge in [0.05, 0.1) is 18.2 Å². The Hall–Kier alpha value is -1.13. The summed E-state index contributed by atoms with van der Waals surface area (Å²) in [5, 5.41) is 1.16. The van der Waals surface area contributed by atoms with E-state index in [1.165, 1.54) is 0 Å². The molecule has 94 valence electrons. The molecular weight excluding hydrogens is 292 g/mol. The lowest BCUT2D eigenvalue weighted by atomic mass is 10.2. The van der Waals surface area contributed by atoms with Gasteiger partial charge in [0, 0.05) is 22.9 Å². The number of ether oxygens (including phenoxy) is 1. The SMILES string of the molecule is C[C@H]1CN(c2ccc3cc(Br)ccc3n2)CCO1. The summed E-state index contributed by atoms with van der Waals surface area (Å²) in [7, 11) is 0. The van der Waals surface area contributed by atoms with Gasteiger partial charge >= 0.3 is 0 Å². The molecule has 0 bridgehead atoms. The van der Waals surface area contributed by atoms with Crippen LogP contribution in [-0.2, 0) is 4.74 Å². The minimum absolute atomic E-state index is 0.279. The number of benzene rings is 1. The van der Waals surface area contributed by atoms with Crippen molar-refractivity contribution in [1.82, 2.24) is 4.98 Å². The van der Waals surface area contributed by atoms with E-state index in [2.05, 4.69) is 46.0 Å². The number of rotatable bonds is 1. The van der Waals surface area contributed by atoms with Crippen LogP contribution in [0.2, 0.25) is 0 Å². The summed E-state index contributed by atoms with van der Waals surface area (Å²) in [6, 6.07) is 10.4. The highest BCUT2D eigenvalue weighted by Crippen LogP contribution is 2.22. The molecular formula is C14H15BrN2O. The summed E-state index contributed by atoms with van der Waals surface area (Å²) in [5.74, 6) is 1.04. The lowest BCUT2D eigenvalue weighted by molar-refractivity contribution is 0.0529. The van der Waals surface area contributed by atoms with E-state index in [1.807, 2.05) is 12.1 Å². The number of nitrogens with zero attached hydrogens (tertiary/aromatic N) is 2. The van der Waals surface area contributed by atoms with Crippen molar-refractivity contribution in [2.45, 2.75) is 13.0 Å². The third-order valence-corrected chi connectivity index (χ3v) is 3.69. The Morgan fingerprint density at radius 1 is 1.33 bits per heavy atom. The Morgan fingerprint density at radius 2 is 2.22 bits per heavy atom. The second kappa shape index (κ2) is 4.86. The van der Waals surface area contributed by atoms with Gasteiger partial charge in [0.15, 0.2) is 0 Å². The molecule has 2 aromatic rings. The van der Waals surface area contributed by atoms with Gasteiger partial charge < -0.3 is 9.64 Å². The van der Waals surface area contributed by atoms with Gasteiger partial charge in [0.1, 0.15) is 5.82 Å². The largest absolute Gasteiger partial charge is 0.375 e. The minimum Gasteiger partial charge on any atom is -0.375 e. The fourth-order valence-corrected chi connectivity index (χ4v) is 2.67. The first kappa shape index (κ1) is 11.9. The Morgan fingerprint density at radius 3 is 3.06 bits per heavy atom. The highest BCUT2D eigenvalue weighted by Gasteiger charge is 2.17. The van der Waals surface area contributed by atoms with Crippen LogP contribution in [0.1, 0.15) is 6.92 Å². The van der Waals surface area contributed by atoms with Gasteiger partial charge in [0.25, 0.3) is 0 Å². The molecule has 1 aromatic heterocycles. The van der Waals surface area contributed by atoms with Gasteiger partial charge in [-0.1, -0.05) is 15.9 Å². The van der Waals surface area contributed by atoms with Crippen LogP contribution in [0.3, 0.4) is 0 Å². The molecule has 0 unspecified atom stereocenters. The Labute approximate surface area is 115 Å². The van der Waals surface area contributed by atoms with Crippen LogP contribution in [0.4, 0.5) is 5.82 Å². The van der Waals surface area contributed by atoms with Crippen LogP contribution in [0.5, 0.6) is 0 Å². The second-order valence-corrected chi connectivity index (χ2v) is 5.55. The van der Waals surface area contributed by atoms with Crippen molar-refractivity contribution in [1.29, 1.82) is 0 Å². The molecule has 0 radical (unpaired) electrons. The number of fused-ring (bicyclic) bond motifs is 1. The molecule has 1 aliphatic rings. The van der Waals surface area contributed by atoms with E-state index in [9.17, 15) is 0 Å². The van der Waals surface area contributed by atoms with Crippen LogP contribution < -0.4 is 4.90 Å². The summed E-state index contributed by atoms with van der Waals surface area (Å²) >= 11 is 3.48. The second-order valence-electron chi connectivity index (χ2n) is 4.63. The van der Waals surface area contributed by atoms with Crippen LogP contribution in [0, 0.1) is 0 Å². The van der Waals surface area contributed by atoms with Gasteiger partial charge in [-0.25, -0.2) is 4.98 Å². The highest BCUT2D eigenvalue weighted by atomic mass is 79.9. The standard InChI is InChI=1S/C14H15BrN2O/c1-10-9-17(6-7-18-10)14-5-2-11-8-12(15)3-4-13(11)16-14/h2-5,8,10H,6-7,9H2,1H3/t10-/m0/s1.